The molecule has 16 heavy (non-hydrogen) atoms. The van der Waals surface area contributed by atoms with Crippen molar-refractivity contribution >= 4 is 5.91 Å². The zero-order valence-corrected chi connectivity index (χ0v) is 11.2. The summed E-state index contributed by atoms with van der Waals surface area (Å²) >= 11 is 0. The van der Waals surface area contributed by atoms with Crippen molar-refractivity contribution in [2.24, 2.45) is 16.7 Å². The SMILES string of the molecule is CC1(C)C(C(=O)N2C=C[N+](C)(C)C2)C1(C)C. The molecule has 90 valence electrons. The van der Waals surface area contributed by atoms with Gasteiger partial charge >= 0.3 is 0 Å². The molecule has 0 aromatic rings. The van der Waals surface area contributed by atoms with E-state index < -0.39 is 0 Å². The molecule has 2 rings (SSSR count). The van der Waals surface area contributed by atoms with E-state index in [1.807, 2.05) is 11.1 Å². The summed E-state index contributed by atoms with van der Waals surface area (Å²) in [6, 6.07) is 0. The molecule has 3 nitrogen and oxygen atoms in total. The van der Waals surface area contributed by atoms with Crippen molar-refractivity contribution in [2.45, 2.75) is 27.7 Å². The summed E-state index contributed by atoms with van der Waals surface area (Å²) in [5.41, 5.74) is 0.273. The van der Waals surface area contributed by atoms with Crippen LogP contribution in [-0.2, 0) is 4.79 Å². The predicted molar refractivity (Wildman–Crippen MR) is 64.0 cm³/mol. The van der Waals surface area contributed by atoms with Gasteiger partial charge in [0, 0.05) is 5.92 Å². The normalized spacial score (nSPS) is 29.5. The number of rotatable bonds is 1. The quantitative estimate of drug-likeness (QED) is 0.623. The summed E-state index contributed by atoms with van der Waals surface area (Å²) in [6.07, 6.45) is 4.01. The van der Waals surface area contributed by atoms with Gasteiger partial charge < -0.3 is 0 Å². The van der Waals surface area contributed by atoms with Crippen LogP contribution in [0, 0.1) is 16.7 Å². The lowest BCUT2D eigenvalue weighted by molar-refractivity contribution is -0.839. The van der Waals surface area contributed by atoms with Crippen LogP contribution in [0.1, 0.15) is 27.7 Å². The molecular formula is C13H23N2O+. The maximum atomic E-state index is 12.4. The first-order chi connectivity index (χ1) is 7.09. The molecular weight excluding hydrogens is 200 g/mol. The monoisotopic (exact) mass is 223 g/mol. The Morgan fingerprint density at radius 3 is 2.06 bits per heavy atom. The van der Waals surface area contributed by atoms with Gasteiger partial charge in [0.25, 0.3) is 0 Å². The summed E-state index contributed by atoms with van der Waals surface area (Å²) in [6.45, 7) is 9.52. The van der Waals surface area contributed by atoms with Crippen molar-refractivity contribution in [1.82, 2.24) is 4.90 Å². The molecule has 2 aliphatic rings. The highest BCUT2D eigenvalue weighted by Crippen LogP contribution is 2.68. The van der Waals surface area contributed by atoms with Crippen LogP contribution in [0.25, 0.3) is 0 Å². The zero-order valence-electron chi connectivity index (χ0n) is 11.2. The molecule has 1 heterocycles. The molecule has 1 aliphatic heterocycles. The minimum absolute atomic E-state index is 0.137. The molecule has 0 bridgehead atoms. The Hall–Kier alpha value is -0.830. The number of quaternary nitrogens is 1. The molecule has 0 aromatic heterocycles. The van der Waals surface area contributed by atoms with Crippen molar-refractivity contribution in [3.8, 4) is 0 Å². The van der Waals surface area contributed by atoms with Crippen molar-refractivity contribution in [1.29, 1.82) is 0 Å². The van der Waals surface area contributed by atoms with Gasteiger partial charge in [0.15, 0.2) is 6.67 Å². The van der Waals surface area contributed by atoms with E-state index in [2.05, 4.69) is 48.0 Å². The second-order valence-corrected chi connectivity index (χ2v) is 6.90. The molecule has 0 aromatic carbocycles. The molecule has 0 radical (unpaired) electrons. The Morgan fingerprint density at radius 2 is 1.75 bits per heavy atom. The Bertz CT molecular complexity index is 352. The van der Waals surface area contributed by atoms with Gasteiger partial charge in [0.2, 0.25) is 5.91 Å². The van der Waals surface area contributed by atoms with Gasteiger partial charge in [-0.05, 0) is 10.8 Å². The lowest BCUT2D eigenvalue weighted by Gasteiger charge is -2.23. The van der Waals surface area contributed by atoms with Gasteiger partial charge in [-0.1, -0.05) is 27.7 Å². The third-order valence-electron chi connectivity index (χ3n) is 4.72. The van der Waals surface area contributed by atoms with Crippen molar-refractivity contribution in [3.05, 3.63) is 12.4 Å². The van der Waals surface area contributed by atoms with E-state index in [1.165, 1.54) is 0 Å². The van der Waals surface area contributed by atoms with Crippen molar-refractivity contribution in [2.75, 3.05) is 20.8 Å². The number of carbonyl (C=O) groups is 1. The summed E-state index contributed by atoms with van der Waals surface area (Å²) in [5, 5.41) is 0. The van der Waals surface area contributed by atoms with E-state index >= 15 is 0 Å². The van der Waals surface area contributed by atoms with Crippen LogP contribution in [0.5, 0.6) is 0 Å². The lowest BCUT2D eigenvalue weighted by Crippen LogP contribution is -2.40. The van der Waals surface area contributed by atoms with Gasteiger partial charge in [-0.3, -0.25) is 14.2 Å². The van der Waals surface area contributed by atoms with Crippen LogP contribution >= 0.6 is 0 Å². The summed E-state index contributed by atoms with van der Waals surface area (Å²) in [5.74, 6) is 0.456. The van der Waals surface area contributed by atoms with E-state index in [-0.39, 0.29) is 22.7 Å². The number of hydrogen-bond acceptors (Lipinski definition) is 1. The first kappa shape index (κ1) is 11.6. The van der Waals surface area contributed by atoms with Gasteiger partial charge in [-0.25, -0.2) is 0 Å². The van der Waals surface area contributed by atoms with Gasteiger partial charge in [-0.2, -0.15) is 0 Å². The fraction of sp³-hybridized carbons (Fsp3) is 0.769. The first-order valence-corrected chi connectivity index (χ1v) is 5.92. The van der Waals surface area contributed by atoms with Crippen LogP contribution in [-0.4, -0.2) is 36.1 Å². The number of nitrogens with zero attached hydrogens (tertiary/aromatic N) is 2. The molecule has 0 spiro atoms. The fourth-order valence-electron chi connectivity index (χ4n) is 2.87. The standard InChI is InChI=1S/C13H23N2O/c1-12(2)10(13(12,3)4)11(16)14-7-8-15(5,6)9-14/h7-8,10H,9H2,1-6H3/q+1. The molecule has 3 heteroatoms. The second kappa shape index (κ2) is 2.89. The smallest absolute Gasteiger partial charge is 0.235 e. The molecule has 1 aliphatic carbocycles. The third-order valence-corrected chi connectivity index (χ3v) is 4.72. The number of carbonyl (C=O) groups excluding carboxylic acids is 1. The van der Waals surface area contributed by atoms with Crippen LogP contribution < -0.4 is 0 Å². The van der Waals surface area contributed by atoms with Crippen molar-refractivity contribution in [3.63, 3.8) is 0 Å². The minimum atomic E-state index is 0.137. The van der Waals surface area contributed by atoms with Crippen LogP contribution in [0.15, 0.2) is 12.4 Å². The Kier molecular flexibility index (Phi) is 2.10. The molecule has 1 fully saturated rings. The first-order valence-electron chi connectivity index (χ1n) is 5.92. The van der Waals surface area contributed by atoms with Gasteiger partial charge in [-0.15, -0.1) is 0 Å². The Balaban J connectivity index is 2.11. The highest BCUT2D eigenvalue weighted by molar-refractivity contribution is 5.85. The van der Waals surface area contributed by atoms with Gasteiger partial charge in [0.1, 0.15) is 6.20 Å². The van der Waals surface area contributed by atoms with Crippen molar-refractivity contribution < 1.29 is 9.28 Å². The highest BCUT2D eigenvalue weighted by Gasteiger charge is 2.69. The Morgan fingerprint density at radius 1 is 1.25 bits per heavy atom. The summed E-state index contributed by atoms with van der Waals surface area (Å²) in [7, 11) is 4.21. The maximum absolute atomic E-state index is 12.4. The lowest BCUT2D eigenvalue weighted by atomic mass is 10.0. The van der Waals surface area contributed by atoms with Crippen LogP contribution in [0.3, 0.4) is 0 Å². The van der Waals surface area contributed by atoms with Crippen LogP contribution in [0.2, 0.25) is 0 Å². The molecule has 0 unspecified atom stereocenters. The molecule has 0 atom stereocenters. The molecule has 1 amide bonds. The number of hydrogen-bond donors (Lipinski definition) is 0. The average Bonchev–Trinajstić information content (AvgIpc) is 2.43. The molecule has 0 saturated heterocycles. The maximum Gasteiger partial charge on any atom is 0.235 e. The van der Waals surface area contributed by atoms with E-state index in [1.54, 1.807) is 0 Å². The fourth-order valence-corrected chi connectivity index (χ4v) is 2.87. The van der Waals surface area contributed by atoms with E-state index in [0.29, 0.717) is 0 Å². The van der Waals surface area contributed by atoms with Gasteiger partial charge in [0.05, 0.1) is 20.3 Å². The summed E-state index contributed by atoms with van der Waals surface area (Å²) < 4.78 is 0.763. The topological polar surface area (TPSA) is 20.3 Å². The second-order valence-electron chi connectivity index (χ2n) is 6.90. The molecule has 1 saturated carbocycles. The third kappa shape index (κ3) is 1.41. The van der Waals surface area contributed by atoms with E-state index in [0.717, 1.165) is 11.2 Å². The average molecular weight is 223 g/mol. The van der Waals surface area contributed by atoms with E-state index in [4.69, 9.17) is 0 Å². The largest absolute Gasteiger partial charge is 0.283 e. The Labute approximate surface area is 98.3 Å². The highest BCUT2D eigenvalue weighted by atomic mass is 16.2. The zero-order chi connectivity index (χ0) is 12.4. The molecule has 0 N–H and O–H groups in total. The number of amides is 1. The minimum Gasteiger partial charge on any atom is -0.283 e. The van der Waals surface area contributed by atoms with Crippen LogP contribution in [0.4, 0.5) is 0 Å². The van der Waals surface area contributed by atoms with E-state index in [9.17, 15) is 4.79 Å². The summed E-state index contributed by atoms with van der Waals surface area (Å²) in [4.78, 5) is 14.3. The predicted octanol–water partition coefficient (Wildman–Crippen LogP) is 2.02.